The van der Waals surface area contributed by atoms with Crippen molar-refractivity contribution in [2.75, 3.05) is 26.0 Å². The minimum absolute atomic E-state index is 0.00299. The molecule has 1 aliphatic rings. The van der Waals surface area contributed by atoms with E-state index in [1.165, 1.54) is 30.0 Å². The van der Waals surface area contributed by atoms with E-state index in [0.29, 0.717) is 17.0 Å². The van der Waals surface area contributed by atoms with Crippen LogP contribution in [0.1, 0.15) is 16.7 Å². The Morgan fingerprint density at radius 3 is 2.35 bits per heavy atom. The number of ether oxygens (including phenoxy) is 1. The second kappa shape index (κ2) is 9.09. The predicted octanol–water partition coefficient (Wildman–Crippen LogP) is 2.92. The van der Waals surface area contributed by atoms with Crippen molar-refractivity contribution in [3.05, 3.63) is 64.7 Å². The number of benzene rings is 2. The summed E-state index contributed by atoms with van der Waals surface area (Å²) >= 11 is 5.09. The number of aryl methyl sites for hydroxylation is 2. The van der Waals surface area contributed by atoms with Crippen LogP contribution < -0.4 is 10.1 Å². The van der Waals surface area contributed by atoms with Crippen LogP contribution in [0, 0.1) is 13.8 Å². The van der Waals surface area contributed by atoms with Gasteiger partial charge in [0.15, 0.2) is 11.7 Å². The molecule has 7 nitrogen and oxygen atoms in total. The summed E-state index contributed by atoms with van der Waals surface area (Å²) in [6.45, 7) is 3.81. The average molecular weight is 438 g/mol. The van der Waals surface area contributed by atoms with Crippen LogP contribution in [-0.2, 0) is 14.4 Å². The van der Waals surface area contributed by atoms with Crippen LogP contribution in [-0.4, -0.2) is 53.3 Å². The molecule has 0 aliphatic carbocycles. The molecule has 0 unspecified atom stereocenters. The van der Waals surface area contributed by atoms with Crippen LogP contribution in [0.15, 0.2) is 48.0 Å². The Balaban J connectivity index is 1.69. The Morgan fingerprint density at radius 1 is 1.03 bits per heavy atom. The van der Waals surface area contributed by atoms with Gasteiger partial charge >= 0.3 is 0 Å². The maximum atomic E-state index is 12.5. The lowest BCUT2D eigenvalue weighted by atomic mass is 10.1. The van der Waals surface area contributed by atoms with Crippen LogP contribution in [0.5, 0.6) is 5.75 Å². The first-order valence-electron chi connectivity index (χ1n) is 9.59. The molecule has 0 radical (unpaired) electrons. The Morgan fingerprint density at radius 2 is 1.71 bits per heavy atom. The topological polar surface area (TPSA) is 79.0 Å². The van der Waals surface area contributed by atoms with Crippen LogP contribution in [0.4, 0.5) is 5.69 Å². The molecule has 31 heavy (non-hydrogen) atoms. The number of carbonyl (C=O) groups excluding carboxylic acids is 3. The van der Waals surface area contributed by atoms with Crippen LogP contribution in [0.2, 0.25) is 0 Å². The van der Waals surface area contributed by atoms with E-state index in [4.69, 9.17) is 17.0 Å². The number of nitrogens with one attached hydrogen (secondary N) is 1. The molecule has 0 bridgehead atoms. The molecule has 1 heterocycles. The molecular formula is C23H23N3O4S. The fraction of sp³-hybridized carbons (Fsp3) is 0.217. The zero-order chi connectivity index (χ0) is 22.7. The smallest absolute Gasteiger partial charge is 0.265 e. The normalized spacial score (nSPS) is 14.1. The molecule has 1 saturated heterocycles. The third kappa shape index (κ3) is 4.97. The van der Waals surface area contributed by atoms with E-state index >= 15 is 0 Å². The van der Waals surface area contributed by atoms with Gasteiger partial charge in [-0.1, -0.05) is 18.2 Å². The molecule has 3 rings (SSSR count). The Bertz CT molecular complexity index is 1080. The minimum atomic E-state index is -0.466. The number of hydrogen-bond acceptors (Lipinski definition) is 5. The van der Waals surface area contributed by atoms with E-state index < -0.39 is 11.8 Å². The predicted molar refractivity (Wildman–Crippen MR) is 123 cm³/mol. The van der Waals surface area contributed by atoms with Crippen molar-refractivity contribution in [2.24, 2.45) is 0 Å². The summed E-state index contributed by atoms with van der Waals surface area (Å²) in [4.78, 5) is 39.6. The van der Waals surface area contributed by atoms with E-state index in [-0.39, 0.29) is 23.2 Å². The summed E-state index contributed by atoms with van der Waals surface area (Å²) in [5.74, 6) is -0.779. The molecule has 2 aromatic carbocycles. The number of likely N-dealkylation sites (N-methyl/N-ethyl adjacent to an activating group) is 2. The molecule has 0 saturated carbocycles. The third-order valence-corrected chi connectivity index (χ3v) is 5.52. The molecule has 2 aromatic rings. The minimum Gasteiger partial charge on any atom is -0.484 e. The molecule has 8 heteroatoms. The maximum Gasteiger partial charge on any atom is 0.265 e. The van der Waals surface area contributed by atoms with Crippen molar-refractivity contribution in [3.8, 4) is 5.75 Å². The average Bonchev–Trinajstić information content (AvgIpc) is 2.75. The van der Waals surface area contributed by atoms with Gasteiger partial charge in [-0.25, -0.2) is 0 Å². The molecule has 1 aliphatic heterocycles. The highest BCUT2D eigenvalue weighted by molar-refractivity contribution is 7.80. The molecule has 0 spiro atoms. The lowest BCUT2D eigenvalue weighted by molar-refractivity contribution is -0.132. The van der Waals surface area contributed by atoms with E-state index in [1.54, 1.807) is 24.3 Å². The molecule has 3 amide bonds. The van der Waals surface area contributed by atoms with Crippen molar-refractivity contribution in [1.29, 1.82) is 0 Å². The molecular weight excluding hydrogens is 414 g/mol. The van der Waals surface area contributed by atoms with Crippen molar-refractivity contribution in [3.63, 3.8) is 0 Å². The molecule has 0 atom stereocenters. The van der Waals surface area contributed by atoms with E-state index in [0.717, 1.165) is 11.1 Å². The monoisotopic (exact) mass is 437 g/mol. The quantitative estimate of drug-likeness (QED) is 0.442. The van der Waals surface area contributed by atoms with Crippen molar-refractivity contribution in [1.82, 2.24) is 9.80 Å². The zero-order valence-electron chi connectivity index (χ0n) is 17.8. The van der Waals surface area contributed by atoms with Gasteiger partial charge in [0, 0.05) is 19.8 Å². The summed E-state index contributed by atoms with van der Waals surface area (Å²) in [5, 5.41) is 2.95. The van der Waals surface area contributed by atoms with Crippen LogP contribution in [0.3, 0.4) is 0 Å². The lowest BCUT2D eigenvalue weighted by Gasteiger charge is -2.31. The van der Waals surface area contributed by atoms with E-state index in [2.05, 4.69) is 5.32 Å². The summed E-state index contributed by atoms with van der Waals surface area (Å²) in [5.41, 5.74) is 3.54. The second-order valence-corrected chi connectivity index (χ2v) is 7.64. The molecule has 1 fully saturated rings. The highest BCUT2D eigenvalue weighted by Crippen LogP contribution is 2.21. The van der Waals surface area contributed by atoms with Gasteiger partial charge in [0.1, 0.15) is 11.3 Å². The van der Waals surface area contributed by atoms with Crippen molar-refractivity contribution >= 4 is 46.8 Å². The van der Waals surface area contributed by atoms with E-state index in [9.17, 15) is 14.4 Å². The first kappa shape index (κ1) is 22.2. The number of anilines is 1. The Hall–Kier alpha value is -3.52. The SMILES string of the molecule is Cc1ccc(NC(=O)COc2cccc(C=C3C(=O)N(C)C(=S)N(C)C3=O)c2)cc1C. The fourth-order valence-electron chi connectivity index (χ4n) is 3.00. The standard InChI is InChI=1S/C23H23N3O4S/c1-14-8-9-17(10-15(14)2)24-20(27)13-30-18-7-5-6-16(11-18)12-19-21(28)25(3)23(31)26(4)22(19)29/h5-12H,13H2,1-4H3,(H,24,27). The first-order chi connectivity index (χ1) is 14.7. The number of hydrogen-bond donors (Lipinski definition) is 1. The number of rotatable bonds is 5. The van der Waals surface area contributed by atoms with Gasteiger partial charge in [0.05, 0.1) is 0 Å². The van der Waals surface area contributed by atoms with Crippen LogP contribution >= 0.6 is 12.2 Å². The largest absolute Gasteiger partial charge is 0.484 e. The number of carbonyl (C=O) groups is 3. The number of thiocarbonyl (C=S) groups is 1. The third-order valence-electron chi connectivity index (χ3n) is 4.97. The summed E-state index contributed by atoms with van der Waals surface area (Å²) in [6.07, 6.45) is 1.49. The van der Waals surface area contributed by atoms with Gasteiger partial charge < -0.3 is 10.1 Å². The fourth-order valence-corrected chi connectivity index (χ4v) is 3.17. The van der Waals surface area contributed by atoms with Gasteiger partial charge in [0.25, 0.3) is 17.7 Å². The van der Waals surface area contributed by atoms with Gasteiger partial charge in [-0.2, -0.15) is 0 Å². The lowest BCUT2D eigenvalue weighted by Crippen LogP contribution is -2.52. The summed E-state index contributed by atoms with van der Waals surface area (Å²) in [7, 11) is 3.05. The van der Waals surface area contributed by atoms with Gasteiger partial charge in [0.2, 0.25) is 0 Å². The first-order valence-corrected chi connectivity index (χ1v) is 10.00. The molecule has 160 valence electrons. The Kier molecular flexibility index (Phi) is 6.50. The summed E-state index contributed by atoms with van der Waals surface area (Å²) < 4.78 is 5.58. The number of amides is 3. The maximum absolute atomic E-state index is 12.5. The highest BCUT2D eigenvalue weighted by atomic mass is 32.1. The van der Waals surface area contributed by atoms with E-state index in [1.807, 2.05) is 32.0 Å². The van der Waals surface area contributed by atoms with Crippen LogP contribution in [0.25, 0.3) is 6.08 Å². The van der Waals surface area contributed by atoms with Crippen molar-refractivity contribution < 1.29 is 19.1 Å². The molecule has 0 aromatic heterocycles. The zero-order valence-corrected chi connectivity index (χ0v) is 18.6. The van der Waals surface area contributed by atoms with Crippen molar-refractivity contribution in [2.45, 2.75) is 13.8 Å². The number of nitrogens with zero attached hydrogens (tertiary/aromatic N) is 2. The molecule has 1 N–H and O–H groups in total. The van der Waals surface area contributed by atoms with Gasteiger partial charge in [-0.3, -0.25) is 24.2 Å². The second-order valence-electron chi connectivity index (χ2n) is 7.28. The Labute approximate surface area is 186 Å². The van der Waals surface area contributed by atoms with Gasteiger partial charge in [-0.15, -0.1) is 0 Å². The highest BCUT2D eigenvalue weighted by Gasteiger charge is 2.35. The summed E-state index contributed by atoms with van der Waals surface area (Å²) in [6, 6.07) is 12.5. The van der Waals surface area contributed by atoms with Gasteiger partial charge in [-0.05, 0) is 73.1 Å².